The van der Waals surface area contributed by atoms with E-state index in [9.17, 15) is 4.79 Å². The molecule has 6 heteroatoms. The average molecular weight is 338 g/mol. The number of nitrogens with zero attached hydrogens (tertiary/aromatic N) is 1. The number of hydrogen-bond donors (Lipinski definition) is 2. The summed E-state index contributed by atoms with van der Waals surface area (Å²) in [4.78, 5) is 15.0. The van der Waals surface area contributed by atoms with E-state index in [0.29, 0.717) is 17.7 Å². The van der Waals surface area contributed by atoms with E-state index in [-0.39, 0.29) is 30.2 Å². The Morgan fingerprint density at radius 3 is 2.86 bits per heavy atom. The number of nitrogens with one attached hydrogen (secondary N) is 2. The van der Waals surface area contributed by atoms with Crippen LogP contribution < -0.4 is 10.6 Å². The zero-order valence-corrected chi connectivity index (χ0v) is 14.5. The molecule has 1 aliphatic carbocycles. The van der Waals surface area contributed by atoms with E-state index in [1.165, 1.54) is 32.2 Å². The number of fused-ring (bicyclic) bond motifs is 1. The highest BCUT2D eigenvalue weighted by Gasteiger charge is 2.49. The van der Waals surface area contributed by atoms with Crippen LogP contribution in [0.2, 0.25) is 0 Å². The first-order chi connectivity index (χ1) is 9.21. The van der Waals surface area contributed by atoms with Crippen molar-refractivity contribution in [2.45, 2.75) is 32.1 Å². The normalized spacial score (nSPS) is 35.5. The third-order valence-corrected chi connectivity index (χ3v) is 5.53. The summed E-state index contributed by atoms with van der Waals surface area (Å²) in [5.41, 5.74) is -0.0806. The lowest BCUT2D eigenvalue weighted by molar-refractivity contribution is -0.134. The molecule has 3 atom stereocenters. The molecule has 0 aromatic heterocycles. The molecule has 0 spiro atoms. The Morgan fingerprint density at radius 2 is 2.14 bits per heavy atom. The van der Waals surface area contributed by atoms with E-state index in [0.717, 1.165) is 32.6 Å². The van der Waals surface area contributed by atoms with Crippen molar-refractivity contribution < 1.29 is 4.79 Å². The van der Waals surface area contributed by atoms with Crippen molar-refractivity contribution in [3.05, 3.63) is 0 Å². The molecule has 124 valence electrons. The van der Waals surface area contributed by atoms with Crippen LogP contribution in [0.15, 0.2) is 0 Å². The van der Waals surface area contributed by atoms with Crippen LogP contribution in [0.5, 0.6) is 0 Å². The van der Waals surface area contributed by atoms with Gasteiger partial charge in [0.25, 0.3) is 0 Å². The zero-order chi connectivity index (χ0) is 13.3. The van der Waals surface area contributed by atoms with Crippen LogP contribution in [0.25, 0.3) is 0 Å². The van der Waals surface area contributed by atoms with Crippen molar-refractivity contribution in [3.8, 4) is 0 Å². The highest BCUT2D eigenvalue weighted by Crippen LogP contribution is 2.43. The summed E-state index contributed by atoms with van der Waals surface area (Å²) >= 11 is 0. The predicted molar refractivity (Wildman–Crippen MR) is 90.4 cm³/mol. The molecule has 3 fully saturated rings. The molecule has 3 rings (SSSR count). The minimum absolute atomic E-state index is 0. The lowest BCUT2D eigenvalue weighted by Crippen LogP contribution is -2.48. The van der Waals surface area contributed by atoms with Gasteiger partial charge in [0.15, 0.2) is 0 Å². The van der Waals surface area contributed by atoms with Crippen molar-refractivity contribution >= 4 is 30.7 Å². The van der Waals surface area contributed by atoms with Crippen LogP contribution in [0.3, 0.4) is 0 Å². The van der Waals surface area contributed by atoms with Gasteiger partial charge < -0.3 is 15.5 Å². The highest BCUT2D eigenvalue weighted by atomic mass is 35.5. The smallest absolute Gasteiger partial charge is 0.227 e. The lowest BCUT2D eigenvalue weighted by atomic mass is 9.67. The van der Waals surface area contributed by atoms with Crippen LogP contribution in [0, 0.1) is 17.3 Å². The average Bonchev–Trinajstić information content (AvgIpc) is 3.02. The number of rotatable bonds is 3. The number of halogens is 2. The maximum absolute atomic E-state index is 12.7. The summed E-state index contributed by atoms with van der Waals surface area (Å²) in [6.45, 7) is 5.12. The SMILES string of the molecule is CN1CCC(CNC(=O)[C@@]23CCCC[C@H]2CNC3)C1.Cl.Cl. The van der Waals surface area contributed by atoms with E-state index >= 15 is 0 Å². The fraction of sp³-hybridized carbons (Fsp3) is 0.933. The summed E-state index contributed by atoms with van der Waals surface area (Å²) in [5, 5.41) is 6.72. The first-order valence-corrected chi connectivity index (χ1v) is 7.88. The Balaban J connectivity index is 0.00000110. The van der Waals surface area contributed by atoms with Gasteiger partial charge >= 0.3 is 0 Å². The van der Waals surface area contributed by atoms with Crippen molar-refractivity contribution in [2.24, 2.45) is 17.3 Å². The van der Waals surface area contributed by atoms with Crippen LogP contribution in [0.1, 0.15) is 32.1 Å². The second-order valence-corrected chi connectivity index (χ2v) is 6.86. The predicted octanol–water partition coefficient (Wildman–Crippen LogP) is 1.68. The quantitative estimate of drug-likeness (QED) is 0.823. The number of carbonyl (C=O) groups excluding carboxylic acids is 1. The van der Waals surface area contributed by atoms with Gasteiger partial charge in [-0.15, -0.1) is 24.8 Å². The van der Waals surface area contributed by atoms with Crippen molar-refractivity contribution in [2.75, 3.05) is 39.8 Å². The Kier molecular flexibility index (Phi) is 7.25. The minimum atomic E-state index is -0.0806. The highest BCUT2D eigenvalue weighted by molar-refractivity contribution is 5.85. The number of amides is 1. The molecular formula is C15H29Cl2N3O. The molecular weight excluding hydrogens is 309 g/mol. The fourth-order valence-corrected chi connectivity index (χ4v) is 4.30. The first-order valence-electron chi connectivity index (χ1n) is 7.88. The number of hydrogen-bond acceptors (Lipinski definition) is 3. The van der Waals surface area contributed by atoms with Crippen molar-refractivity contribution in [1.29, 1.82) is 0 Å². The molecule has 2 N–H and O–H groups in total. The largest absolute Gasteiger partial charge is 0.355 e. The van der Waals surface area contributed by atoms with Crippen LogP contribution in [-0.2, 0) is 4.79 Å². The molecule has 1 unspecified atom stereocenters. The van der Waals surface area contributed by atoms with Gasteiger partial charge in [-0.25, -0.2) is 0 Å². The summed E-state index contributed by atoms with van der Waals surface area (Å²) in [6.07, 6.45) is 6.06. The molecule has 2 saturated heterocycles. The molecule has 0 aromatic carbocycles. The number of likely N-dealkylation sites (tertiary alicyclic amines) is 1. The van der Waals surface area contributed by atoms with Crippen LogP contribution in [0.4, 0.5) is 0 Å². The molecule has 0 aromatic rings. The van der Waals surface area contributed by atoms with Gasteiger partial charge in [0.1, 0.15) is 0 Å². The van der Waals surface area contributed by atoms with Gasteiger partial charge in [0.05, 0.1) is 5.41 Å². The van der Waals surface area contributed by atoms with Gasteiger partial charge in [-0.05, 0) is 51.2 Å². The molecule has 4 nitrogen and oxygen atoms in total. The molecule has 0 radical (unpaired) electrons. The Morgan fingerprint density at radius 1 is 1.33 bits per heavy atom. The van der Waals surface area contributed by atoms with E-state index in [1.54, 1.807) is 0 Å². The zero-order valence-electron chi connectivity index (χ0n) is 12.9. The monoisotopic (exact) mass is 337 g/mol. The van der Waals surface area contributed by atoms with Crippen LogP contribution in [-0.4, -0.2) is 50.6 Å². The third-order valence-electron chi connectivity index (χ3n) is 5.53. The third kappa shape index (κ3) is 3.84. The van der Waals surface area contributed by atoms with Crippen molar-refractivity contribution in [3.63, 3.8) is 0 Å². The van der Waals surface area contributed by atoms with Gasteiger partial charge in [-0.2, -0.15) is 0 Å². The molecule has 21 heavy (non-hydrogen) atoms. The summed E-state index contributed by atoms with van der Waals surface area (Å²) in [6, 6.07) is 0. The minimum Gasteiger partial charge on any atom is -0.355 e. The Labute approximate surface area is 140 Å². The second-order valence-electron chi connectivity index (χ2n) is 6.86. The lowest BCUT2D eigenvalue weighted by Gasteiger charge is -2.37. The molecule has 0 bridgehead atoms. The number of carbonyl (C=O) groups is 1. The van der Waals surface area contributed by atoms with E-state index in [1.807, 2.05) is 0 Å². The molecule has 2 heterocycles. The topological polar surface area (TPSA) is 44.4 Å². The molecule has 3 aliphatic rings. The Bertz CT molecular complexity index is 356. The summed E-state index contributed by atoms with van der Waals surface area (Å²) in [5.74, 6) is 1.56. The van der Waals surface area contributed by atoms with E-state index < -0.39 is 0 Å². The second kappa shape index (κ2) is 8.00. The van der Waals surface area contributed by atoms with Gasteiger partial charge in [-0.1, -0.05) is 12.8 Å². The van der Waals surface area contributed by atoms with E-state index in [2.05, 4.69) is 22.6 Å². The first kappa shape index (κ1) is 19.0. The standard InChI is InChI=1S/C15H27N3O.2ClH/c1-18-7-5-12(10-18)8-17-14(19)15-6-3-2-4-13(15)9-16-11-15;;/h12-13,16H,2-11H2,1H3,(H,17,19);2*1H/t12?,13-,15+;;/m0../s1. The molecule has 1 saturated carbocycles. The maximum atomic E-state index is 12.7. The maximum Gasteiger partial charge on any atom is 0.227 e. The summed E-state index contributed by atoms with van der Waals surface area (Å²) < 4.78 is 0. The summed E-state index contributed by atoms with van der Waals surface area (Å²) in [7, 11) is 2.17. The van der Waals surface area contributed by atoms with Gasteiger partial charge in [-0.3, -0.25) is 4.79 Å². The van der Waals surface area contributed by atoms with Gasteiger partial charge in [0.2, 0.25) is 5.91 Å². The fourth-order valence-electron chi connectivity index (χ4n) is 4.30. The van der Waals surface area contributed by atoms with Crippen molar-refractivity contribution in [1.82, 2.24) is 15.5 Å². The molecule has 2 aliphatic heterocycles. The molecule has 1 amide bonds. The van der Waals surface area contributed by atoms with Crippen LogP contribution >= 0.6 is 24.8 Å². The Hall–Kier alpha value is -0.0300. The van der Waals surface area contributed by atoms with Gasteiger partial charge in [0, 0.05) is 19.6 Å². The van der Waals surface area contributed by atoms with E-state index in [4.69, 9.17) is 0 Å².